The number of esters is 1. The lowest BCUT2D eigenvalue weighted by atomic mass is 10.2. The third-order valence-electron chi connectivity index (χ3n) is 3.22. The van der Waals surface area contributed by atoms with Gasteiger partial charge >= 0.3 is 5.97 Å². The molecule has 0 radical (unpaired) electrons. The molecule has 1 amide bonds. The second kappa shape index (κ2) is 8.94. The van der Waals surface area contributed by atoms with Crippen LogP contribution in [0.2, 0.25) is 5.02 Å². The summed E-state index contributed by atoms with van der Waals surface area (Å²) in [6, 6.07) is 12.1. The molecule has 0 saturated heterocycles. The van der Waals surface area contributed by atoms with Crippen LogP contribution >= 0.6 is 11.6 Å². The molecule has 0 heterocycles. The number of rotatable bonds is 7. The highest BCUT2D eigenvalue weighted by Gasteiger charge is 2.12. The van der Waals surface area contributed by atoms with Crippen LogP contribution in [0.25, 0.3) is 0 Å². The van der Waals surface area contributed by atoms with Crippen LogP contribution < -0.4 is 14.8 Å². The van der Waals surface area contributed by atoms with Crippen LogP contribution in [0.4, 0.5) is 5.69 Å². The molecular formula is C18H18ClNO5. The van der Waals surface area contributed by atoms with Crippen molar-refractivity contribution < 1.29 is 23.8 Å². The topological polar surface area (TPSA) is 73.9 Å². The number of hydrogen-bond donors (Lipinski definition) is 1. The number of benzene rings is 2. The third kappa shape index (κ3) is 5.69. The molecule has 0 aliphatic carbocycles. The van der Waals surface area contributed by atoms with E-state index in [-0.39, 0.29) is 6.61 Å². The number of hydrogen-bond acceptors (Lipinski definition) is 5. The standard InChI is InChI=1S/C18H18ClNO5/c1-12-8-15(16(23-2)9-14(12)19)20-17(21)10-25-18(22)11-24-13-6-4-3-5-7-13/h3-9H,10-11H2,1-2H3,(H,20,21). The molecule has 25 heavy (non-hydrogen) atoms. The monoisotopic (exact) mass is 363 g/mol. The Hall–Kier alpha value is -2.73. The number of aryl methyl sites for hydroxylation is 1. The lowest BCUT2D eigenvalue weighted by Crippen LogP contribution is -2.23. The fourth-order valence-electron chi connectivity index (χ4n) is 1.96. The Morgan fingerprint density at radius 1 is 1.12 bits per heavy atom. The zero-order valence-electron chi connectivity index (χ0n) is 13.9. The lowest BCUT2D eigenvalue weighted by molar-refractivity contribution is -0.149. The van der Waals surface area contributed by atoms with Gasteiger partial charge in [-0.1, -0.05) is 29.8 Å². The Morgan fingerprint density at radius 2 is 1.84 bits per heavy atom. The largest absolute Gasteiger partial charge is 0.495 e. The summed E-state index contributed by atoms with van der Waals surface area (Å²) < 4.78 is 15.3. The molecule has 0 bridgehead atoms. The van der Waals surface area contributed by atoms with E-state index in [4.69, 9.17) is 25.8 Å². The van der Waals surface area contributed by atoms with Gasteiger partial charge in [0.2, 0.25) is 0 Å². The maximum Gasteiger partial charge on any atom is 0.344 e. The molecule has 1 N–H and O–H groups in total. The number of carbonyl (C=O) groups excluding carboxylic acids is 2. The number of carbonyl (C=O) groups is 2. The molecule has 0 fully saturated rings. The highest BCUT2D eigenvalue weighted by Crippen LogP contribution is 2.30. The van der Waals surface area contributed by atoms with E-state index < -0.39 is 18.5 Å². The molecule has 0 aliphatic heterocycles. The van der Waals surface area contributed by atoms with E-state index in [1.807, 2.05) is 6.07 Å². The predicted octanol–water partition coefficient (Wildman–Crippen LogP) is 3.22. The summed E-state index contributed by atoms with van der Waals surface area (Å²) in [5.74, 6) is -0.167. The van der Waals surface area contributed by atoms with Crippen LogP contribution in [0.3, 0.4) is 0 Å². The Labute approximate surface area is 150 Å². The van der Waals surface area contributed by atoms with E-state index in [0.717, 1.165) is 5.56 Å². The van der Waals surface area contributed by atoms with Gasteiger partial charge in [0.25, 0.3) is 5.91 Å². The van der Waals surface area contributed by atoms with Crippen molar-refractivity contribution in [1.29, 1.82) is 0 Å². The maximum absolute atomic E-state index is 11.9. The van der Waals surface area contributed by atoms with Crippen LogP contribution in [0, 0.1) is 6.92 Å². The molecule has 2 aromatic carbocycles. The fraction of sp³-hybridized carbons (Fsp3) is 0.222. The molecule has 2 aromatic rings. The van der Waals surface area contributed by atoms with Crippen molar-refractivity contribution in [1.82, 2.24) is 0 Å². The van der Waals surface area contributed by atoms with Gasteiger partial charge in [-0.2, -0.15) is 0 Å². The number of para-hydroxylation sites is 1. The molecule has 132 valence electrons. The average molecular weight is 364 g/mol. The van der Waals surface area contributed by atoms with Crippen LogP contribution in [-0.4, -0.2) is 32.2 Å². The molecular weight excluding hydrogens is 346 g/mol. The first-order valence-electron chi connectivity index (χ1n) is 7.47. The number of halogens is 1. The second-order valence-corrected chi connectivity index (χ2v) is 5.52. The van der Waals surface area contributed by atoms with Gasteiger partial charge in [-0.3, -0.25) is 4.79 Å². The van der Waals surface area contributed by atoms with Gasteiger partial charge in [0.15, 0.2) is 13.2 Å². The van der Waals surface area contributed by atoms with Gasteiger partial charge in [-0.25, -0.2) is 4.79 Å². The Kier molecular flexibility index (Phi) is 6.65. The van der Waals surface area contributed by atoms with Crippen molar-refractivity contribution in [2.75, 3.05) is 25.6 Å². The third-order valence-corrected chi connectivity index (χ3v) is 3.63. The minimum atomic E-state index is -0.641. The number of anilines is 1. The smallest absolute Gasteiger partial charge is 0.344 e. The predicted molar refractivity (Wildman–Crippen MR) is 94.3 cm³/mol. The molecule has 0 aromatic heterocycles. The van der Waals surface area contributed by atoms with Crippen LogP contribution in [0.1, 0.15) is 5.56 Å². The number of ether oxygens (including phenoxy) is 3. The van der Waals surface area contributed by atoms with Crippen molar-refractivity contribution in [2.24, 2.45) is 0 Å². The first kappa shape index (κ1) is 18.6. The van der Waals surface area contributed by atoms with Gasteiger partial charge in [0.05, 0.1) is 12.8 Å². The molecule has 0 atom stereocenters. The summed E-state index contributed by atoms with van der Waals surface area (Å²) in [6.07, 6.45) is 0. The molecule has 2 rings (SSSR count). The van der Waals surface area contributed by atoms with E-state index in [0.29, 0.717) is 22.2 Å². The van der Waals surface area contributed by atoms with E-state index in [1.165, 1.54) is 7.11 Å². The molecule has 6 nitrogen and oxygen atoms in total. The number of methoxy groups -OCH3 is 1. The van der Waals surface area contributed by atoms with Crippen molar-refractivity contribution in [3.63, 3.8) is 0 Å². The van der Waals surface area contributed by atoms with Gasteiger partial charge in [-0.05, 0) is 30.7 Å². The Balaban J connectivity index is 1.82. The Morgan fingerprint density at radius 3 is 2.52 bits per heavy atom. The van der Waals surface area contributed by atoms with E-state index in [9.17, 15) is 9.59 Å². The zero-order chi connectivity index (χ0) is 18.2. The lowest BCUT2D eigenvalue weighted by Gasteiger charge is -2.12. The highest BCUT2D eigenvalue weighted by molar-refractivity contribution is 6.31. The molecule has 0 saturated carbocycles. The molecule has 0 spiro atoms. The van der Waals surface area contributed by atoms with Gasteiger partial charge in [-0.15, -0.1) is 0 Å². The van der Waals surface area contributed by atoms with Crippen molar-refractivity contribution in [3.05, 3.63) is 53.1 Å². The molecule has 0 unspecified atom stereocenters. The van der Waals surface area contributed by atoms with E-state index in [1.54, 1.807) is 43.3 Å². The summed E-state index contributed by atoms with van der Waals surface area (Å²) in [4.78, 5) is 23.6. The Bertz CT molecular complexity index is 749. The summed E-state index contributed by atoms with van der Waals surface area (Å²) >= 11 is 6.01. The first-order valence-corrected chi connectivity index (χ1v) is 7.85. The molecule has 0 aliphatic rings. The minimum absolute atomic E-state index is 0.277. The minimum Gasteiger partial charge on any atom is -0.495 e. The average Bonchev–Trinajstić information content (AvgIpc) is 2.62. The summed E-state index contributed by atoms with van der Waals surface area (Å²) in [5, 5.41) is 3.15. The first-order chi connectivity index (χ1) is 12.0. The summed E-state index contributed by atoms with van der Waals surface area (Å²) in [6.45, 7) is 1.10. The van der Waals surface area contributed by atoms with Gasteiger partial charge in [0.1, 0.15) is 11.5 Å². The summed E-state index contributed by atoms with van der Waals surface area (Å²) in [5.41, 5.74) is 1.23. The SMILES string of the molecule is COc1cc(Cl)c(C)cc1NC(=O)COC(=O)COc1ccccc1. The van der Waals surface area contributed by atoms with Crippen LogP contribution in [0.15, 0.2) is 42.5 Å². The van der Waals surface area contributed by atoms with Gasteiger partial charge < -0.3 is 19.5 Å². The molecule has 7 heteroatoms. The van der Waals surface area contributed by atoms with Crippen molar-refractivity contribution in [3.8, 4) is 11.5 Å². The van der Waals surface area contributed by atoms with E-state index in [2.05, 4.69) is 5.32 Å². The van der Waals surface area contributed by atoms with Gasteiger partial charge in [0, 0.05) is 11.1 Å². The number of amides is 1. The quantitative estimate of drug-likeness (QED) is 0.764. The van der Waals surface area contributed by atoms with Crippen LogP contribution in [-0.2, 0) is 14.3 Å². The second-order valence-electron chi connectivity index (χ2n) is 5.11. The number of nitrogens with one attached hydrogen (secondary N) is 1. The highest BCUT2D eigenvalue weighted by atomic mass is 35.5. The summed E-state index contributed by atoms with van der Waals surface area (Å²) in [7, 11) is 1.47. The fourth-order valence-corrected chi connectivity index (χ4v) is 2.12. The normalized spacial score (nSPS) is 10.0. The zero-order valence-corrected chi connectivity index (χ0v) is 14.6. The van der Waals surface area contributed by atoms with Crippen molar-refractivity contribution in [2.45, 2.75) is 6.92 Å². The maximum atomic E-state index is 11.9. The van der Waals surface area contributed by atoms with E-state index >= 15 is 0 Å². The van der Waals surface area contributed by atoms with Crippen molar-refractivity contribution >= 4 is 29.2 Å². The van der Waals surface area contributed by atoms with Crippen LogP contribution in [0.5, 0.6) is 11.5 Å².